The van der Waals surface area contributed by atoms with Gasteiger partial charge in [-0.25, -0.2) is 0 Å². The summed E-state index contributed by atoms with van der Waals surface area (Å²) in [5, 5.41) is 11.6. The van der Waals surface area contributed by atoms with E-state index in [4.69, 9.17) is 10.9 Å². The number of aryl methyl sites for hydroxylation is 3. The van der Waals surface area contributed by atoms with Crippen molar-refractivity contribution in [2.45, 2.75) is 27.3 Å². The smallest absolute Gasteiger partial charge is 0.262 e. The van der Waals surface area contributed by atoms with Crippen LogP contribution in [0.1, 0.15) is 27.9 Å². The molecule has 0 aliphatic carbocycles. The fraction of sp³-hybridized carbons (Fsp3) is 0.250. The Morgan fingerprint density at radius 3 is 2.52 bits per heavy atom. The van der Waals surface area contributed by atoms with Crippen LogP contribution in [0.3, 0.4) is 0 Å². The summed E-state index contributed by atoms with van der Waals surface area (Å²) in [7, 11) is 0. The Hall–Kier alpha value is -2.56. The zero-order valence-corrected chi connectivity index (χ0v) is 12.4. The molecule has 0 amide bonds. The molecule has 0 saturated heterocycles. The van der Waals surface area contributed by atoms with Crippen molar-refractivity contribution >= 4 is 5.84 Å². The Morgan fingerprint density at radius 1 is 1.19 bits per heavy atom. The lowest BCUT2D eigenvalue weighted by molar-refractivity contribution is 0.318. The van der Waals surface area contributed by atoms with Crippen LogP contribution in [0.25, 0.3) is 0 Å². The van der Waals surface area contributed by atoms with Crippen molar-refractivity contribution in [3.8, 4) is 0 Å². The molecule has 2 aromatic rings. The molecular formula is C16H19N3O2. The van der Waals surface area contributed by atoms with Crippen LogP contribution in [0.5, 0.6) is 0 Å². The van der Waals surface area contributed by atoms with Crippen LogP contribution >= 0.6 is 0 Å². The second-order valence-corrected chi connectivity index (χ2v) is 5.18. The first kappa shape index (κ1) is 14.8. The largest absolute Gasteiger partial charge is 0.409 e. The summed E-state index contributed by atoms with van der Waals surface area (Å²) in [6.07, 6.45) is 0. The van der Waals surface area contributed by atoms with Crippen LogP contribution in [-0.2, 0) is 6.54 Å². The minimum atomic E-state index is -0.261. The molecule has 0 fully saturated rings. The molecule has 21 heavy (non-hydrogen) atoms. The van der Waals surface area contributed by atoms with Crippen molar-refractivity contribution in [2.75, 3.05) is 0 Å². The molecule has 2 rings (SSSR count). The van der Waals surface area contributed by atoms with Crippen LogP contribution in [-0.4, -0.2) is 15.6 Å². The number of nitrogens with zero attached hydrogens (tertiary/aromatic N) is 2. The van der Waals surface area contributed by atoms with Crippen LogP contribution in [0.4, 0.5) is 0 Å². The molecule has 1 aromatic carbocycles. The van der Waals surface area contributed by atoms with Gasteiger partial charge in [0.1, 0.15) is 0 Å². The maximum Gasteiger partial charge on any atom is 0.262 e. The highest BCUT2D eigenvalue weighted by atomic mass is 16.4. The van der Waals surface area contributed by atoms with E-state index in [9.17, 15) is 4.79 Å². The topological polar surface area (TPSA) is 80.6 Å². The molecule has 1 heterocycles. The SMILES string of the molecule is Cc1ccc(Cn2c(C)ccc(/C(N)=N/O)c2=O)cc1C. The summed E-state index contributed by atoms with van der Waals surface area (Å²) in [4.78, 5) is 12.4. The van der Waals surface area contributed by atoms with Crippen molar-refractivity contribution in [1.82, 2.24) is 4.57 Å². The van der Waals surface area contributed by atoms with Gasteiger partial charge in [0.25, 0.3) is 5.56 Å². The molecule has 110 valence electrons. The van der Waals surface area contributed by atoms with Crippen LogP contribution in [0.15, 0.2) is 40.3 Å². The molecule has 0 spiro atoms. The van der Waals surface area contributed by atoms with Crippen molar-refractivity contribution in [3.63, 3.8) is 0 Å². The zero-order chi connectivity index (χ0) is 15.6. The maximum absolute atomic E-state index is 12.4. The third kappa shape index (κ3) is 2.97. The third-order valence-corrected chi connectivity index (χ3v) is 3.69. The lowest BCUT2D eigenvalue weighted by atomic mass is 10.1. The highest BCUT2D eigenvalue weighted by Crippen LogP contribution is 2.11. The summed E-state index contributed by atoms with van der Waals surface area (Å²) in [6, 6.07) is 9.47. The van der Waals surface area contributed by atoms with Crippen molar-refractivity contribution in [2.24, 2.45) is 10.9 Å². The standard InChI is InChI=1S/C16H19N3O2/c1-10-4-6-13(8-11(10)2)9-19-12(3)5-7-14(16(19)20)15(17)18-21/h4-8,21H,9H2,1-3H3,(H2,17,18). The van der Waals surface area contributed by atoms with Gasteiger partial charge in [0, 0.05) is 5.69 Å². The predicted octanol–water partition coefficient (Wildman–Crippen LogP) is 1.92. The average molecular weight is 285 g/mol. The second kappa shape index (κ2) is 5.83. The number of nitrogens with two attached hydrogens (primary N) is 1. The van der Waals surface area contributed by atoms with Gasteiger partial charge in [-0.2, -0.15) is 0 Å². The van der Waals surface area contributed by atoms with Crippen LogP contribution in [0, 0.1) is 20.8 Å². The van der Waals surface area contributed by atoms with E-state index < -0.39 is 0 Å². The number of hydrogen-bond acceptors (Lipinski definition) is 3. The Morgan fingerprint density at radius 2 is 1.90 bits per heavy atom. The van der Waals surface area contributed by atoms with Gasteiger partial charge < -0.3 is 15.5 Å². The molecule has 0 bridgehead atoms. The van der Waals surface area contributed by atoms with Crippen molar-refractivity contribution < 1.29 is 5.21 Å². The molecule has 0 radical (unpaired) electrons. The predicted molar refractivity (Wildman–Crippen MR) is 83.0 cm³/mol. The summed E-state index contributed by atoms with van der Waals surface area (Å²) in [5.74, 6) is -0.172. The molecule has 0 atom stereocenters. The summed E-state index contributed by atoms with van der Waals surface area (Å²) in [5.41, 5.74) is 9.75. The molecule has 5 heteroatoms. The summed E-state index contributed by atoms with van der Waals surface area (Å²) in [6.45, 7) is 6.41. The summed E-state index contributed by atoms with van der Waals surface area (Å²) >= 11 is 0. The van der Waals surface area contributed by atoms with Gasteiger partial charge in [-0.1, -0.05) is 23.4 Å². The first-order valence-electron chi connectivity index (χ1n) is 6.68. The van der Waals surface area contributed by atoms with E-state index >= 15 is 0 Å². The van der Waals surface area contributed by atoms with Gasteiger partial charge in [-0.15, -0.1) is 0 Å². The number of amidine groups is 1. The van der Waals surface area contributed by atoms with Gasteiger partial charge in [-0.3, -0.25) is 4.79 Å². The Labute approximate surface area is 123 Å². The van der Waals surface area contributed by atoms with E-state index in [0.29, 0.717) is 6.54 Å². The number of benzene rings is 1. The monoisotopic (exact) mass is 285 g/mol. The fourth-order valence-electron chi connectivity index (χ4n) is 2.20. The van der Waals surface area contributed by atoms with E-state index in [1.807, 2.05) is 26.0 Å². The summed E-state index contributed by atoms with van der Waals surface area (Å²) < 4.78 is 1.62. The van der Waals surface area contributed by atoms with Crippen molar-refractivity contribution in [1.29, 1.82) is 0 Å². The molecule has 0 aliphatic heterocycles. The Bertz CT molecular complexity index is 761. The molecular weight excluding hydrogens is 266 g/mol. The fourth-order valence-corrected chi connectivity index (χ4v) is 2.20. The molecule has 5 nitrogen and oxygen atoms in total. The molecule has 3 N–H and O–H groups in total. The molecule has 0 saturated carbocycles. The first-order valence-corrected chi connectivity index (χ1v) is 6.68. The minimum absolute atomic E-state index is 0.172. The number of oxime groups is 1. The number of aromatic nitrogens is 1. The first-order chi connectivity index (χ1) is 9.93. The van der Waals surface area contributed by atoms with Gasteiger partial charge in [0.15, 0.2) is 5.84 Å². The van der Waals surface area contributed by atoms with Crippen LogP contribution < -0.4 is 11.3 Å². The van der Waals surface area contributed by atoms with E-state index in [0.717, 1.165) is 11.3 Å². The maximum atomic E-state index is 12.4. The number of pyridine rings is 1. The Balaban J connectivity index is 2.49. The third-order valence-electron chi connectivity index (χ3n) is 3.69. The van der Waals surface area contributed by atoms with Gasteiger partial charge >= 0.3 is 0 Å². The van der Waals surface area contributed by atoms with Gasteiger partial charge in [0.05, 0.1) is 12.1 Å². The highest BCUT2D eigenvalue weighted by molar-refractivity contribution is 5.96. The van der Waals surface area contributed by atoms with Crippen LogP contribution in [0.2, 0.25) is 0 Å². The number of hydrogen-bond donors (Lipinski definition) is 2. The normalized spacial score (nSPS) is 11.7. The zero-order valence-electron chi connectivity index (χ0n) is 12.4. The van der Waals surface area contributed by atoms with Gasteiger partial charge in [-0.05, 0) is 49.6 Å². The van der Waals surface area contributed by atoms with E-state index in [2.05, 4.69) is 18.1 Å². The number of rotatable bonds is 3. The second-order valence-electron chi connectivity index (χ2n) is 5.18. The quantitative estimate of drug-likeness (QED) is 0.391. The molecule has 0 aliphatic rings. The molecule has 0 unspecified atom stereocenters. The Kier molecular flexibility index (Phi) is 4.12. The van der Waals surface area contributed by atoms with E-state index in [-0.39, 0.29) is 17.0 Å². The minimum Gasteiger partial charge on any atom is -0.409 e. The highest BCUT2D eigenvalue weighted by Gasteiger charge is 2.10. The lowest BCUT2D eigenvalue weighted by Gasteiger charge is -2.12. The van der Waals surface area contributed by atoms with E-state index in [1.165, 1.54) is 11.1 Å². The lowest BCUT2D eigenvalue weighted by Crippen LogP contribution is -2.31. The van der Waals surface area contributed by atoms with E-state index in [1.54, 1.807) is 16.7 Å². The average Bonchev–Trinajstić information content (AvgIpc) is 2.46. The van der Waals surface area contributed by atoms with Gasteiger partial charge in [0.2, 0.25) is 0 Å². The molecule has 1 aromatic heterocycles. The van der Waals surface area contributed by atoms with Crippen molar-refractivity contribution in [3.05, 3.63) is 68.6 Å².